The van der Waals surface area contributed by atoms with Gasteiger partial charge in [0.15, 0.2) is 0 Å². The van der Waals surface area contributed by atoms with E-state index in [0.29, 0.717) is 12.6 Å². The lowest BCUT2D eigenvalue weighted by Crippen LogP contribution is -3.15. The first-order chi connectivity index (χ1) is 13.7. The third-order valence-corrected chi connectivity index (χ3v) is 5.98. The summed E-state index contributed by atoms with van der Waals surface area (Å²) < 4.78 is 7.36. The lowest BCUT2D eigenvalue weighted by molar-refractivity contribution is -0.933. The van der Waals surface area contributed by atoms with Crippen LogP contribution in [0.25, 0.3) is 0 Å². The number of aromatic nitrogens is 4. The van der Waals surface area contributed by atoms with Gasteiger partial charge in [-0.25, -0.2) is 4.68 Å². The van der Waals surface area contributed by atoms with Crippen LogP contribution in [0, 0.1) is 13.8 Å². The molecule has 0 radical (unpaired) electrons. The molecular weight excluding hydrogens is 352 g/mol. The highest BCUT2D eigenvalue weighted by Crippen LogP contribution is 2.23. The molecule has 3 heterocycles. The van der Waals surface area contributed by atoms with Crippen molar-refractivity contribution in [2.45, 2.75) is 39.8 Å². The Hall–Kier alpha value is -2.67. The molecule has 28 heavy (non-hydrogen) atoms. The molecule has 0 aliphatic carbocycles. The van der Waals surface area contributed by atoms with Crippen LogP contribution >= 0.6 is 0 Å². The van der Waals surface area contributed by atoms with Gasteiger partial charge in [0.25, 0.3) is 0 Å². The minimum atomic E-state index is 0.297. The molecule has 0 unspecified atom stereocenters. The molecule has 1 aliphatic heterocycles. The van der Waals surface area contributed by atoms with Crippen LogP contribution in [0.1, 0.15) is 42.1 Å². The highest BCUT2D eigenvalue weighted by molar-refractivity contribution is 5.56. The van der Waals surface area contributed by atoms with E-state index in [9.17, 15) is 0 Å². The molecule has 7 nitrogen and oxygen atoms in total. The van der Waals surface area contributed by atoms with E-state index in [2.05, 4.69) is 59.4 Å². The number of quaternary nitrogens is 1. The number of tetrazole rings is 1. The van der Waals surface area contributed by atoms with Crippen molar-refractivity contribution < 1.29 is 9.32 Å². The molecule has 4 rings (SSSR count). The molecule has 2 aromatic heterocycles. The molecule has 7 heteroatoms. The molecule has 1 atom stereocenters. The monoisotopic (exact) mass is 381 g/mol. The fraction of sp³-hybridized carbons (Fsp3) is 0.476. The number of furan rings is 1. The summed E-state index contributed by atoms with van der Waals surface area (Å²) in [5.41, 5.74) is 4.12. The normalized spacial score (nSPS) is 16.5. The SMILES string of the molecule is CC[C@@H](c1nnnn1Cc1ccco1)[NH+]1CCN(c2cccc(C)c2C)CC1. The molecule has 1 fully saturated rings. The Kier molecular flexibility index (Phi) is 5.43. The average molecular weight is 382 g/mol. The summed E-state index contributed by atoms with van der Waals surface area (Å²) in [6.07, 6.45) is 2.70. The third kappa shape index (κ3) is 3.67. The van der Waals surface area contributed by atoms with Crippen LogP contribution in [0.5, 0.6) is 0 Å². The number of hydrogen-bond donors (Lipinski definition) is 1. The predicted octanol–water partition coefficient (Wildman–Crippen LogP) is 1.79. The Morgan fingerprint density at radius 3 is 2.68 bits per heavy atom. The number of hydrogen-bond acceptors (Lipinski definition) is 5. The number of nitrogens with one attached hydrogen (secondary N) is 1. The summed E-state index contributed by atoms with van der Waals surface area (Å²) >= 11 is 0. The van der Waals surface area contributed by atoms with Crippen LogP contribution in [0.15, 0.2) is 41.0 Å². The smallest absolute Gasteiger partial charge is 0.209 e. The zero-order valence-electron chi connectivity index (χ0n) is 16.9. The van der Waals surface area contributed by atoms with Gasteiger partial charge in [0, 0.05) is 12.1 Å². The van der Waals surface area contributed by atoms with E-state index >= 15 is 0 Å². The maximum Gasteiger partial charge on any atom is 0.209 e. The van der Waals surface area contributed by atoms with Crippen molar-refractivity contribution in [2.75, 3.05) is 31.1 Å². The highest BCUT2D eigenvalue weighted by Gasteiger charge is 2.32. The second-order valence-corrected chi connectivity index (χ2v) is 7.60. The first-order valence-electron chi connectivity index (χ1n) is 10.1. The van der Waals surface area contributed by atoms with Gasteiger partial charge in [-0.3, -0.25) is 0 Å². The van der Waals surface area contributed by atoms with Crippen LogP contribution in [0.2, 0.25) is 0 Å². The van der Waals surface area contributed by atoms with Crippen LogP contribution in [-0.4, -0.2) is 46.4 Å². The topological polar surface area (TPSA) is 64.4 Å². The Labute approximate surface area is 165 Å². The van der Waals surface area contributed by atoms with Crippen molar-refractivity contribution in [3.05, 3.63) is 59.3 Å². The summed E-state index contributed by atoms with van der Waals surface area (Å²) in [5.74, 6) is 1.83. The summed E-state index contributed by atoms with van der Waals surface area (Å²) in [7, 11) is 0. The zero-order chi connectivity index (χ0) is 19.5. The first kappa shape index (κ1) is 18.7. The van der Waals surface area contributed by atoms with Crippen LogP contribution in [0.3, 0.4) is 0 Å². The molecular formula is C21H29N6O+. The van der Waals surface area contributed by atoms with Gasteiger partial charge >= 0.3 is 0 Å². The Morgan fingerprint density at radius 1 is 1.14 bits per heavy atom. The van der Waals surface area contributed by atoms with Crippen molar-refractivity contribution >= 4 is 5.69 Å². The molecule has 1 aromatic carbocycles. The number of anilines is 1. The van der Waals surface area contributed by atoms with E-state index in [4.69, 9.17) is 4.42 Å². The summed E-state index contributed by atoms with van der Waals surface area (Å²) in [5, 5.41) is 12.5. The zero-order valence-corrected chi connectivity index (χ0v) is 16.9. The number of piperazine rings is 1. The van der Waals surface area contributed by atoms with E-state index in [1.54, 1.807) is 11.2 Å². The van der Waals surface area contributed by atoms with Crippen molar-refractivity contribution in [1.82, 2.24) is 20.2 Å². The number of rotatable bonds is 6. The van der Waals surface area contributed by atoms with Crippen molar-refractivity contribution in [2.24, 2.45) is 0 Å². The molecule has 0 saturated carbocycles. The summed E-state index contributed by atoms with van der Waals surface area (Å²) in [6, 6.07) is 10.7. The lowest BCUT2D eigenvalue weighted by atomic mass is 10.1. The van der Waals surface area contributed by atoms with Gasteiger partial charge in [-0.1, -0.05) is 19.1 Å². The van der Waals surface area contributed by atoms with Gasteiger partial charge in [-0.05, 0) is 53.6 Å². The van der Waals surface area contributed by atoms with Crippen LogP contribution in [-0.2, 0) is 6.54 Å². The van der Waals surface area contributed by atoms with Crippen molar-refractivity contribution in [3.8, 4) is 0 Å². The van der Waals surface area contributed by atoms with Gasteiger partial charge in [-0.15, -0.1) is 5.10 Å². The molecule has 0 spiro atoms. The fourth-order valence-corrected chi connectivity index (χ4v) is 4.24. The van der Waals surface area contributed by atoms with Gasteiger partial charge in [0.05, 0.1) is 32.4 Å². The average Bonchev–Trinajstić information content (AvgIpc) is 3.38. The lowest BCUT2D eigenvalue weighted by Gasteiger charge is -2.37. The Bertz CT molecular complexity index is 896. The Morgan fingerprint density at radius 2 is 1.96 bits per heavy atom. The molecule has 3 aromatic rings. The molecule has 1 saturated heterocycles. The molecule has 148 valence electrons. The van der Waals surface area contributed by atoms with Gasteiger partial charge in [-0.2, -0.15) is 0 Å². The van der Waals surface area contributed by atoms with E-state index in [-0.39, 0.29) is 0 Å². The van der Waals surface area contributed by atoms with Gasteiger partial charge in [0.2, 0.25) is 5.82 Å². The summed E-state index contributed by atoms with van der Waals surface area (Å²) in [6.45, 7) is 11.5. The van der Waals surface area contributed by atoms with Crippen LogP contribution < -0.4 is 9.80 Å². The van der Waals surface area contributed by atoms with Gasteiger partial charge in [0.1, 0.15) is 18.3 Å². The largest absolute Gasteiger partial charge is 0.467 e. The number of benzene rings is 1. The maximum absolute atomic E-state index is 5.47. The molecule has 0 bridgehead atoms. The predicted molar refractivity (Wildman–Crippen MR) is 107 cm³/mol. The standard InChI is InChI=1S/C21H28N6O/c1-4-19(21-22-23-24-27(21)15-18-8-6-14-28-18)25-10-12-26(13-11-25)20-9-5-7-16(2)17(20)3/h5-9,14,19H,4,10-13,15H2,1-3H3/p+1/t19-/m0/s1. The molecule has 1 N–H and O–H groups in total. The van der Waals surface area contributed by atoms with Crippen molar-refractivity contribution in [1.29, 1.82) is 0 Å². The molecule has 0 amide bonds. The minimum Gasteiger partial charge on any atom is -0.467 e. The second-order valence-electron chi connectivity index (χ2n) is 7.60. The number of aryl methyl sites for hydroxylation is 1. The van der Waals surface area contributed by atoms with Crippen LogP contribution in [0.4, 0.5) is 5.69 Å². The summed E-state index contributed by atoms with van der Waals surface area (Å²) in [4.78, 5) is 4.07. The highest BCUT2D eigenvalue weighted by atomic mass is 16.3. The quantitative estimate of drug-likeness (QED) is 0.705. The first-order valence-corrected chi connectivity index (χ1v) is 10.1. The molecule has 1 aliphatic rings. The Balaban J connectivity index is 1.46. The third-order valence-electron chi connectivity index (χ3n) is 5.98. The van der Waals surface area contributed by atoms with E-state index < -0.39 is 0 Å². The van der Waals surface area contributed by atoms with E-state index in [1.165, 1.54) is 16.8 Å². The fourth-order valence-electron chi connectivity index (χ4n) is 4.24. The number of nitrogens with zero attached hydrogens (tertiary/aromatic N) is 5. The van der Waals surface area contributed by atoms with Crippen molar-refractivity contribution in [3.63, 3.8) is 0 Å². The maximum atomic E-state index is 5.47. The van der Waals surface area contributed by atoms with Gasteiger partial charge < -0.3 is 14.2 Å². The van der Waals surface area contributed by atoms with E-state index in [1.807, 2.05) is 16.8 Å². The van der Waals surface area contributed by atoms with E-state index in [0.717, 1.165) is 44.2 Å². The second kappa shape index (κ2) is 8.14. The minimum absolute atomic E-state index is 0.297.